The Bertz CT molecular complexity index is 339. The molecule has 1 amide bonds. The highest BCUT2D eigenvalue weighted by Gasteiger charge is 2.40. The summed E-state index contributed by atoms with van der Waals surface area (Å²) in [7, 11) is 0. The third-order valence-corrected chi connectivity index (χ3v) is 5.39. The van der Waals surface area contributed by atoms with E-state index in [0.717, 1.165) is 32.1 Å². The van der Waals surface area contributed by atoms with Crippen molar-refractivity contribution in [1.29, 1.82) is 0 Å². The van der Waals surface area contributed by atoms with Crippen LogP contribution in [0.5, 0.6) is 0 Å². The second-order valence-electron chi connectivity index (χ2n) is 8.05. The summed E-state index contributed by atoms with van der Waals surface area (Å²) in [6.45, 7) is 6.88. The predicted octanol–water partition coefficient (Wildman–Crippen LogP) is 3.37. The van der Waals surface area contributed by atoms with Gasteiger partial charge >= 0.3 is 0 Å². The molecule has 2 unspecified atom stereocenters. The van der Waals surface area contributed by atoms with Crippen molar-refractivity contribution in [1.82, 2.24) is 5.32 Å². The zero-order chi connectivity index (χ0) is 14.8. The van der Waals surface area contributed by atoms with E-state index in [1.54, 1.807) is 0 Å². The molecule has 0 bridgehead atoms. The number of hydrogen-bond acceptors (Lipinski definition) is 2. The number of rotatable bonds is 2. The van der Waals surface area contributed by atoms with Crippen molar-refractivity contribution in [3.05, 3.63) is 0 Å². The summed E-state index contributed by atoms with van der Waals surface area (Å²) in [5.41, 5.74) is 6.02. The van der Waals surface area contributed by atoms with Gasteiger partial charge < -0.3 is 11.1 Å². The van der Waals surface area contributed by atoms with Crippen LogP contribution in [0.2, 0.25) is 0 Å². The zero-order valence-corrected chi connectivity index (χ0v) is 13.5. The van der Waals surface area contributed by atoms with Crippen LogP contribution in [0.25, 0.3) is 0 Å². The molecule has 2 aliphatic rings. The van der Waals surface area contributed by atoms with E-state index in [1.807, 2.05) is 0 Å². The van der Waals surface area contributed by atoms with Gasteiger partial charge in [0, 0.05) is 6.04 Å². The van der Waals surface area contributed by atoms with E-state index in [2.05, 4.69) is 26.1 Å². The van der Waals surface area contributed by atoms with Crippen LogP contribution < -0.4 is 11.1 Å². The van der Waals surface area contributed by atoms with Gasteiger partial charge in [0.25, 0.3) is 0 Å². The van der Waals surface area contributed by atoms with E-state index in [-0.39, 0.29) is 11.3 Å². The predicted molar refractivity (Wildman–Crippen MR) is 83.3 cm³/mol. The maximum Gasteiger partial charge on any atom is 0.240 e. The minimum atomic E-state index is -0.599. The van der Waals surface area contributed by atoms with Gasteiger partial charge in [-0.3, -0.25) is 4.79 Å². The van der Waals surface area contributed by atoms with E-state index >= 15 is 0 Å². The van der Waals surface area contributed by atoms with E-state index in [0.29, 0.717) is 12.0 Å². The lowest BCUT2D eigenvalue weighted by molar-refractivity contribution is -0.129. The highest BCUT2D eigenvalue weighted by Crippen LogP contribution is 2.38. The van der Waals surface area contributed by atoms with Crippen molar-refractivity contribution in [3.8, 4) is 0 Å². The largest absolute Gasteiger partial charge is 0.351 e. The Morgan fingerprint density at radius 1 is 1.05 bits per heavy atom. The van der Waals surface area contributed by atoms with E-state index in [4.69, 9.17) is 5.73 Å². The number of carbonyl (C=O) groups excluding carboxylic acids is 1. The van der Waals surface area contributed by atoms with Crippen LogP contribution in [0.3, 0.4) is 0 Å². The molecule has 3 heteroatoms. The summed E-state index contributed by atoms with van der Waals surface area (Å²) in [6, 6.07) is 0.318. The second-order valence-corrected chi connectivity index (χ2v) is 8.05. The number of hydrogen-bond donors (Lipinski definition) is 2. The molecule has 116 valence electrons. The lowest BCUT2D eigenvalue weighted by Crippen LogP contribution is -2.59. The molecule has 2 atom stereocenters. The molecule has 0 aromatic rings. The van der Waals surface area contributed by atoms with Crippen LogP contribution >= 0.6 is 0 Å². The van der Waals surface area contributed by atoms with Crippen molar-refractivity contribution in [2.24, 2.45) is 17.1 Å². The Balaban J connectivity index is 2.01. The standard InChI is InChI=1S/C17H32N2O/c1-16(2,3)13-9-5-6-10-14(13)19-15(20)17(18)11-7-4-8-12-17/h13-14H,4-12,18H2,1-3H3,(H,19,20). The van der Waals surface area contributed by atoms with Gasteiger partial charge in [-0.05, 0) is 37.0 Å². The maximum atomic E-state index is 12.6. The van der Waals surface area contributed by atoms with Crippen molar-refractivity contribution in [2.75, 3.05) is 0 Å². The van der Waals surface area contributed by atoms with Gasteiger partial charge in [0.15, 0.2) is 0 Å². The first-order valence-corrected chi connectivity index (χ1v) is 8.43. The molecule has 0 spiro atoms. The van der Waals surface area contributed by atoms with E-state index in [1.165, 1.54) is 25.7 Å². The van der Waals surface area contributed by atoms with Crippen LogP contribution in [0.15, 0.2) is 0 Å². The number of carbonyl (C=O) groups is 1. The van der Waals surface area contributed by atoms with Crippen LogP contribution in [-0.4, -0.2) is 17.5 Å². The minimum absolute atomic E-state index is 0.110. The van der Waals surface area contributed by atoms with Gasteiger partial charge in [-0.2, -0.15) is 0 Å². The molecule has 0 heterocycles. The summed E-state index contributed by atoms with van der Waals surface area (Å²) >= 11 is 0. The molecule has 20 heavy (non-hydrogen) atoms. The Hall–Kier alpha value is -0.570. The van der Waals surface area contributed by atoms with Gasteiger partial charge in [-0.25, -0.2) is 0 Å². The average molecular weight is 280 g/mol. The van der Waals surface area contributed by atoms with Crippen molar-refractivity contribution < 1.29 is 4.79 Å². The molecule has 0 aromatic heterocycles. The van der Waals surface area contributed by atoms with Gasteiger partial charge in [0.1, 0.15) is 0 Å². The summed E-state index contributed by atoms with van der Waals surface area (Å²) in [5.74, 6) is 0.686. The Morgan fingerprint density at radius 3 is 2.25 bits per heavy atom. The third-order valence-electron chi connectivity index (χ3n) is 5.39. The first-order valence-electron chi connectivity index (χ1n) is 8.43. The molecule has 2 saturated carbocycles. The van der Waals surface area contributed by atoms with E-state index < -0.39 is 5.54 Å². The average Bonchev–Trinajstić information content (AvgIpc) is 2.39. The molecule has 2 rings (SSSR count). The fraction of sp³-hybridized carbons (Fsp3) is 0.941. The van der Waals surface area contributed by atoms with E-state index in [9.17, 15) is 4.79 Å². The Morgan fingerprint density at radius 2 is 1.65 bits per heavy atom. The highest BCUT2D eigenvalue weighted by atomic mass is 16.2. The highest BCUT2D eigenvalue weighted by molar-refractivity contribution is 5.86. The van der Waals surface area contributed by atoms with Gasteiger partial charge in [-0.1, -0.05) is 52.9 Å². The lowest BCUT2D eigenvalue weighted by Gasteiger charge is -2.42. The summed E-state index contributed by atoms with van der Waals surface area (Å²) in [4.78, 5) is 12.6. The first kappa shape index (κ1) is 15.8. The Kier molecular flexibility index (Phi) is 4.78. The molecule has 0 saturated heterocycles. The van der Waals surface area contributed by atoms with Crippen LogP contribution in [0, 0.1) is 11.3 Å². The van der Waals surface area contributed by atoms with Gasteiger partial charge in [-0.15, -0.1) is 0 Å². The fourth-order valence-corrected chi connectivity index (χ4v) is 4.06. The topological polar surface area (TPSA) is 55.1 Å². The molecule has 0 radical (unpaired) electrons. The van der Waals surface area contributed by atoms with Crippen LogP contribution in [0.1, 0.15) is 78.6 Å². The quantitative estimate of drug-likeness (QED) is 0.815. The number of nitrogens with two attached hydrogens (primary N) is 1. The molecule has 3 nitrogen and oxygen atoms in total. The molecule has 0 aromatic carbocycles. The lowest BCUT2D eigenvalue weighted by atomic mass is 9.69. The third kappa shape index (κ3) is 3.55. The monoisotopic (exact) mass is 280 g/mol. The van der Waals surface area contributed by atoms with Crippen molar-refractivity contribution in [3.63, 3.8) is 0 Å². The SMILES string of the molecule is CC(C)(C)C1CCCCC1NC(=O)C1(N)CCCCC1. The number of nitrogens with one attached hydrogen (secondary N) is 1. The Labute approximate surface area is 124 Å². The smallest absolute Gasteiger partial charge is 0.240 e. The van der Waals surface area contributed by atoms with Crippen molar-refractivity contribution >= 4 is 5.91 Å². The van der Waals surface area contributed by atoms with Crippen LogP contribution in [0.4, 0.5) is 0 Å². The molecule has 2 aliphatic carbocycles. The maximum absolute atomic E-state index is 12.6. The molecular weight excluding hydrogens is 248 g/mol. The van der Waals surface area contributed by atoms with Crippen LogP contribution in [-0.2, 0) is 4.79 Å². The molecule has 2 fully saturated rings. The normalized spacial score (nSPS) is 30.8. The van der Waals surface area contributed by atoms with Crippen molar-refractivity contribution in [2.45, 2.75) is 90.1 Å². The fourth-order valence-electron chi connectivity index (χ4n) is 4.06. The second kappa shape index (κ2) is 6.05. The first-order chi connectivity index (χ1) is 9.33. The minimum Gasteiger partial charge on any atom is -0.351 e. The summed E-state index contributed by atoms with van der Waals surface area (Å²) < 4.78 is 0. The molecule has 0 aliphatic heterocycles. The summed E-state index contributed by atoms with van der Waals surface area (Å²) in [6.07, 6.45) is 9.99. The van der Waals surface area contributed by atoms with Gasteiger partial charge in [0.05, 0.1) is 5.54 Å². The van der Waals surface area contributed by atoms with Gasteiger partial charge in [0.2, 0.25) is 5.91 Å². The molecule has 3 N–H and O–H groups in total. The zero-order valence-electron chi connectivity index (χ0n) is 13.5. The number of amides is 1. The molecular formula is C17H32N2O. The summed E-state index contributed by atoms with van der Waals surface area (Å²) in [5, 5.41) is 3.32.